The average molecular weight is 428 g/mol. The molecule has 1 aromatic heterocycles. The molecule has 8 heteroatoms. The maximum absolute atomic E-state index is 13.1. The summed E-state index contributed by atoms with van der Waals surface area (Å²) in [7, 11) is 0. The average Bonchev–Trinajstić information content (AvgIpc) is 3.14. The smallest absolute Gasteiger partial charge is 0.277 e. The Morgan fingerprint density at radius 1 is 1.07 bits per heavy atom. The van der Waals surface area contributed by atoms with Crippen molar-refractivity contribution >= 4 is 35.2 Å². The summed E-state index contributed by atoms with van der Waals surface area (Å²) < 4.78 is 5.73. The van der Waals surface area contributed by atoms with Crippen molar-refractivity contribution in [2.45, 2.75) is 29.7 Å². The second-order valence-corrected chi connectivity index (χ2v) is 8.23. The molecule has 0 N–H and O–H groups in total. The topological polar surface area (TPSA) is 76.3 Å². The van der Waals surface area contributed by atoms with E-state index in [1.54, 1.807) is 24.3 Å². The van der Waals surface area contributed by atoms with E-state index in [1.165, 1.54) is 16.7 Å². The quantitative estimate of drug-likeness (QED) is 0.561. The Morgan fingerprint density at radius 2 is 1.83 bits per heavy atom. The SMILES string of the molecule is O=C(c1ccc(Cl)cc1)N1CCCCC(Sc2nnc(-c3ccccc3)o2)C1=O. The van der Waals surface area contributed by atoms with Crippen molar-refractivity contribution in [3.8, 4) is 11.5 Å². The maximum Gasteiger partial charge on any atom is 0.277 e. The highest BCUT2D eigenvalue weighted by molar-refractivity contribution is 8.00. The van der Waals surface area contributed by atoms with Crippen LogP contribution in [-0.2, 0) is 4.79 Å². The molecule has 2 heterocycles. The minimum atomic E-state index is -0.446. The zero-order valence-electron chi connectivity index (χ0n) is 15.5. The van der Waals surface area contributed by atoms with E-state index in [1.807, 2.05) is 30.3 Å². The van der Waals surface area contributed by atoms with Gasteiger partial charge >= 0.3 is 0 Å². The lowest BCUT2D eigenvalue weighted by molar-refractivity contribution is -0.127. The Labute approximate surface area is 177 Å². The molecule has 29 heavy (non-hydrogen) atoms. The van der Waals surface area contributed by atoms with Gasteiger partial charge in [-0.3, -0.25) is 14.5 Å². The molecule has 0 bridgehead atoms. The first kappa shape index (κ1) is 19.7. The zero-order valence-corrected chi connectivity index (χ0v) is 17.0. The summed E-state index contributed by atoms with van der Waals surface area (Å²) in [4.78, 5) is 27.3. The lowest BCUT2D eigenvalue weighted by atomic mass is 10.2. The molecule has 0 radical (unpaired) electrons. The van der Waals surface area contributed by atoms with E-state index in [0.717, 1.165) is 18.4 Å². The van der Waals surface area contributed by atoms with Gasteiger partial charge in [0.1, 0.15) is 0 Å². The minimum Gasteiger partial charge on any atom is -0.411 e. The standard InChI is InChI=1S/C21H18ClN3O3S/c22-16-11-9-15(10-12-16)19(26)25-13-5-4-8-17(20(25)27)29-21-24-23-18(28-21)14-6-2-1-3-7-14/h1-3,6-7,9-12,17H,4-5,8,13H2. The number of thioether (sulfide) groups is 1. The fourth-order valence-electron chi connectivity index (χ4n) is 3.14. The van der Waals surface area contributed by atoms with Gasteiger partial charge in [-0.15, -0.1) is 10.2 Å². The number of carbonyl (C=O) groups excluding carboxylic acids is 2. The first-order chi connectivity index (χ1) is 14.1. The summed E-state index contributed by atoms with van der Waals surface area (Å²) in [5.41, 5.74) is 1.26. The Morgan fingerprint density at radius 3 is 2.59 bits per heavy atom. The molecule has 1 atom stereocenters. The van der Waals surface area contributed by atoms with Crippen molar-refractivity contribution in [1.82, 2.24) is 15.1 Å². The molecular weight excluding hydrogens is 410 g/mol. The fraction of sp³-hybridized carbons (Fsp3) is 0.238. The van der Waals surface area contributed by atoms with Crippen LogP contribution in [0.2, 0.25) is 5.02 Å². The van der Waals surface area contributed by atoms with Crippen LogP contribution in [0.3, 0.4) is 0 Å². The van der Waals surface area contributed by atoms with Gasteiger partial charge in [-0.1, -0.05) is 48.0 Å². The molecule has 1 aliphatic heterocycles. The number of aromatic nitrogens is 2. The van der Waals surface area contributed by atoms with Crippen molar-refractivity contribution in [1.29, 1.82) is 0 Å². The predicted octanol–water partition coefficient (Wildman–Crippen LogP) is 4.70. The number of imide groups is 1. The van der Waals surface area contributed by atoms with Gasteiger partial charge in [0.2, 0.25) is 11.8 Å². The van der Waals surface area contributed by atoms with Crippen LogP contribution in [0.15, 0.2) is 64.2 Å². The van der Waals surface area contributed by atoms with Crippen molar-refractivity contribution < 1.29 is 14.0 Å². The summed E-state index contributed by atoms with van der Waals surface area (Å²) in [6, 6.07) is 16.0. The lowest BCUT2D eigenvalue weighted by Gasteiger charge is -2.21. The fourth-order valence-corrected chi connectivity index (χ4v) is 4.24. The molecule has 2 aromatic carbocycles. The number of hydrogen-bond donors (Lipinski definition) is 0. The number of likely N-dealkylation sites (tertiary alicyclic amines) is 1. The largest absolute Gasteiger partial charge is 0.411 e. The molecule has 0 saturated carbocycles. The number of carbonyl (C=O) groups is 2. The first-order valence-corrected chi connectivity index (χ1v) is 10.5. The molecular formula is C21H18ClN3O3S. The van der Waals surface area contributed by atoms with E-state index in [4.69, 9.17) is 16.0 Å². The summed E-state index contributed by atoms with van der Waals surface area (Å²) >= 11 is 7.11. The number of nitrogens with zero attached hydrogens (tertiary/aromatic N) is 3. The second kappa shape index (κ2) is 8.80. The van der Waals surface area contributed by atoms with E-state index in [9.17, 15) is 9.59 Å². The van der Waals surface area contributed by atoms with Crippen LogP contribution < -0.4 is 0 Å². The highest BCUT2D eigenvalue weighted by Crippen LogP contribution is 2.31. The van der Waals surface area contributed by atoms with Crippen molar-refractivity contribution in [2.75, 3.05) is 6.54 Å². The van der Waals surface area contributed by atoms with Crippen molar-refractivity contribution in [2.24, 2.45) is 0 Å². The molecule has 0 aliphatic carbocycles. The molecule has 2 amide bonds. The van der Waals surface area contributed by atoms with Crippen LogP contribution in [0.25, 0.3) is 11.5 Å². The number of benzene rings is 2. The van der Waals surface area contributed by atoms with Crippen LogP contribution >= 0.6 is 23.4 Å². The molecule has 148 valence electrons. The number of rotatable bonds is 4. The van der Waals surface area contributed by atoms with Gasteiger partial charge in [-0.05, 0) is 49.2 Å². The highest BCUT2D eigenvalue weighted by Gasteiger charge is 2.33. The summed E-state index contributed by atoms with van der Waals surface area (Å²) in [5, 5.41) is 8.55. The Kier molecular flexibility index (Phi) is 5.97. The maximum atomic E-state index is 13.1. The molecule has 1 fully saturated rings. The minimum absolute atomic E-state index is 0.230. The van der Waals surface area contributed by atoms with E-state index < -0.39 is 5.25 Å². The van der Waals surface area contributed by atoms with E-state index in [2.05, 4.69) is 10.2 Å². The zero-order chi connectivity index (χ0) is 20.2. The normalized spacial score (nSPS) is 17.2. The third-order valence-electron chi connectivity index (χ3n) is 4.65. The molecule has 4 rings (SSSR count). The molecule has 6 nitrogen and oxygen atoms in total. The van der Waals surface area contributed by atoms with Crippen LogP contribution in [0, 0.1) is 0 Å². The summed E-state index contributed by atoms with van der Waals surface area (Å²) in [6.45, 7) is 0.399. The van der Waals surface area contributed by atoms with E-state index in [-0.39, 0.29) is 11.8 Å². The van der Waals surface area contributed by atoms with Crippen LogP contribution in [-0.4, -0.2) is 38.7 Å². The van der Waals surface area contributed by atoms with Gasteiger partial charge in [-0.2, -0.15) is 0 Å². The van der Waals surface area contributed by atoms with Crippen LogP contribution in [0.5, 0.6) is 0 Å². The summed E-state index contributed by atoms with van der Waals surface area (Å²) in [6.07, 6.45) is 2.26. The number of amides is 2. The van der Waals surface area contributed by atoms with Gasteiger partial charge in [0.05, 0.1) is 5.25 Å². The van der Waals surface area contributed by atoms with Crippen molar-refractivity contribution in [3.63, 3.8) is 0 Å². The molecule has 1 saturated heterocycles. The number of hydrogen-bond acceptors (Lipinski definition) is 6. The summed E-state index contributed by atoms with van der Waals surface area (Å²) in [5.74, 6) is -0.134. The number of halogens is 1. The highest BCUT2D eigenvalue weighted by atomic mass is 35.5. The molecule has 1 unspecified atom stereocenters. The van der Waals surface area contributed by atoms with Gasteiger partial charge in [0, 0.05) is 22.7 Å². The molecule has 0 spiro atoms. The third-order valence-corrected chi connectivity index (χ3v) is 5.99. The van der Waals surface area contributed by atoms with Gasteiger partial charge in [0.15, 0.2) is 0 Å². The molecule has 1 aliphatic rings. The van der Waals surface area contributed by atoms with Gasteiger partial charge in [0.25, 0.3) is 11.1 Å². The van der Waals surface area contributed by atoms with Crippen molar-refractivity contribution in [3.05, 3.63) is 65.2 Å². The Bertz CT molecular complexity index is 1010. The van der Waals surface area contributed by atoms with E-state index in [0.29, 0.717) is 34.7 Å². The van der Waals surface area contributed by atoms with E-state index >= 15 is 0 Å². The third kappa shape index (κ3) is 4.52. The molecule has 3 aromatic rings. The second-order valence-electron chi connectivity index (χ2n) is 6.64. The van der Waals surface area contributed by atoms with Gasteiger partial charge in [-0.25, -0.2) is 0 Å². The monoisotopic (exact) mass is 427 g/mol. The van der Waals surface area contributed by atoms with Gasteiger partial charge < -0.3 is 4.42 Å². The Balaban J connectivity index is 1.50. The first-order valence-electron chi connectivity index (χ1n) is 9.28. The predicted molar refractivity (Wildman–Crippen MR) is 111 cm³/mol. The lowest BCUT2D eigenvalue weighted by Crippen LogP contribution is -2.41. The Hall–Kier alpha value is -2.64. The van der Waals surface area contributed by atoms with Crippen LogP contribution in [0.1, 0.15) is 29.6 Å². The van der Waals surface area contributed by atoms with Crippen LogP contribution in [0.4, 0.5) is 0 Å².